The predicted octanol–water partition coefficient (Wildman–Crippen LogP) is 4.11. The first kappa shape index (κ1) is 22.1. The Balaban J connectivity index is 1.58. The summed E-state index contributed by atoms with van der Waals surface area (Å²) < 4.78 is 30.1. The summed E-state index contributed by atoms with van der Waals surface area (Å²) in [7, 11) is -0.251. The third kappa shape index (κ3) is 4.29. The molecule has 0 saturated heterocycles. The predicted molar refractivity (Wildman–Crippen MR) is 127 cm³/mol. The molecule has 0 atom stereocenters. The number of aromatic nitrogens is 1. The molecule has 0 aliphatic rings. The number of para-hydroxylation sites is 1. The van der Waals surface area contributed by atoms with Crippen LogP contribution < -0.4 is 4.80 Å². The first-order valence-corrected chi connectivity index (χ1v) is 12.3. The Morgan fingerprint density at radius 1 is 1.00 bits per heavy atom. The van der Waals surface area contributed by atoms with Gasteiger partial charge in [0.2, 0.25) is 10.0 Å². The van der Waals surface area contributed by atoms with Gasteiger partial charge in [0.05, 0.1) is 15.1 Å². The fraction of sp³-hybridized carbons (Fsp3) is 0.167. The van der Waals surface area contributed by atoms with Gasteiger partial charge < -0.3 is 4.57 Å². The van der Waals surface area contributed by atoms with Crippen molar-refractivity contribution < 1.29 is 13.2 Å². The standard InChI is InChI=1S/C24H23N3O3S2/c1-17-8-7-11-21-22(17)27(3)24(31-21)25-23(28)19-12-14-20(15-13-19)32(29,30)26(2)16-18-9-5-4-6-10-18/h4-15H,16H2,1-3H3. The van der Waals surface area contributed by atoms with Gasteiger partial charge in [-0.3, -0.25) is 4.79 Å². The number of benzene rings is 3. The number of fused-ring (bicyclic) bond motifs is 1. The van der Waals surface area contributed by atoms with E-state index >= 15 is 0 Å². The number of aryl methyl sites for hydroxylation is 2. The number of sulfonamides is 1. The summed E-state index contributed by atoms with van der Waals surface area (Å²) in [6.07, 6.45) is 0. The van der Waals surface area contributed by atoms with E-state index < -0.39 is 15.9 Å². The van der Waals surface area contributed by atoms with Crippen LogP contribution >= 0.6 is 11.3 Å². The van der Waals surface area contributed by atoms with E-state index in [4.69, 9.17) is 0 Å². The molecule has 8 heteroatoms. The summed E-state index contributed by atoms with van der Waals surface area (Å²) in [5.74, 6) is -0.411. The number of rotatable bonds is 5. The lowest BCUT2D eigenvalue weighted by molar-refractivity contribution is 0.0998. The zero-order valence-electron chi connectivity index (χ0n) is 18.0. The average Bonchev–Trinajstić information content (AvgIpc) is 3.10. The normalized spacial score (nSPS) is 12.6. The molecule has 164 valence electrons. The quantitative estimate of drug-likeness (QED) is 0.445. The summed E-state index contributed by atoms with van der Waals surface area (Å²) in [4.78, 5) is 17.7. The van der Waals surface area contributed by atoms with Gasteiger partial charge in [0, 0.05) is 26.2 Å². The fourth-order valence-corrected chi connectivity index (χ4v) is 5.78. The molecule has 0 aliphatic carbocycles. The molecule has 0 fully saturated rings. The Kier molecular flexibility index (Phi) is 6.10. The zero-order valence-corrected chi connectivity index (χ0v) is 19.7. The van der Waals surface area contributed by atoms with Crippen LogP contribution in [0.15, 0.2) is 82.7 Å². The van der Waals surface area contributed by atoms with Gasteiger partial charge >= 0.3 is 0 Å². The van der Waals surface area contributed by atoms with Crippen molar-refractivity contribution >= 4 is 37.5 Å². The number of hydrogen-bond donors (Lipinski definition) is 0. The van der Waals surface area contributed by atoms with Crippen LogP contribution in [-0.2, 0) is 23.6 Å². The van der Waals surface area contributed by atoms with Crippen LogP contribution in [0.25, 0.3) is 10.2 Å². The van der Waals surface area contributed by atoms with Gasteiger partial charge in [-0.1, -0.05) is 53.8 Å². The third-order valence-electron chi connectivity index (χ3n) is 5.28. The van der Waals surface area contributed by atoms with Crippen LogP contribution in [0.2, 0.25) is 0 Å². The van der Waals surface area contributed by atoms with E-state index in [1.165, 1.54) is 39.9 Å². The van der Waals surface area contributed by atoms with Crippen molar-refractivity contribution in [1.29, 1.82) is 0 Å². The maximum atomic E-state index is 12.9. The first-order chi connectivity index (χ1) is 15.3. The molecule has 0 bridgehead atoms. The molecular formula is C24H23N3O3S2. The lowest BCUT2D eigenvalue weighted by Gasteiger charge is -2.17. The minimum atomic E-state index is -3.68. The van der Waals surface area contributed by atoms with Crippen molar-refractivity contribution in [1.82, 2.24) is 8.87 Å². The smallest absolute Gasteiger partial charge is 0.279 e. The van der Waals surface area contributed by atoms with Crippen LogP contribution in [0.3, 0.4) is 0 Å². The third-order valence-corrected chi connectivity index (χ3v) is 8.19. The van der Waals surface area contributed by atoms with Crippen LogP contribution in [0.4, 0.5) is 0 Å². The Labute approximate surface area is 191 Å². The Morgan fingerprint density at radius 3 is 2.34 bits per heavy atom. The van der Waals surface area contributed by atoms with Gasteiger partial charge in [0.15, 0.2) is 4.80 Å². The van der Waals surface area contributed by atoms with Crippen molar-refractivity contribution in [2.24, 2.45) is 12.0 Å². The number of amides is 1. The van der Waals surface area contributed by atoms with Gasteiger partial charge in [-0.25, -0.2) is 8.42 Å². The average molecular weight is 466 g/mol. The minimum absolute atomic E-state index is 0.135. The minimum Gasteiger partial charge on any atom is -0.319 e. The molecule has 4 rings (SSSR count). The molecule has 32 heavy (non-hydrogen) atoms. The van der Waals surface area contributed by atoms with Gasteiger partial charge in [-0.15, -0.1) is 0 Å². The summed E-state index contributed by atoms with van der Waals surface area (Å²) in [6, 6.07) is 21.3. The summed E-state index contributed by atoms with van der Waals surface area (Å²) in [6.45, 7) is 2.29. The highest BCUT2D eigenvalue weighted by Gasteiger charge is 2.21. The molecule has 3 aromatic carbocycles. The van der Waals surface area contributed by atoms with Crippen molar-refractivity contribution in [3.8, 4) is 0 Å². The Morgan fingerprint density at radius 2 is 1.69 bits per heavy atom. The number of hydrogen-bond acceptors (Lipinski definition) is 4. The largest absolute Gasteiger partial charge is 0.319 e. The van der Waals surface area contributed by atoms with Crippen molar-refractivity contribution in [3.63, 3.8) is 0 Å². The maximum absolute atomic E-state index is 12.9. The lowest BCUT2D eigenvalue weighted by atomic mass is 10.2. The van der Waals surface area contributed by atoms with E-state index in [0.717, 1.165) is 21.3 Å². The van der Waals surface area contributed by atoms with Crippen molar-refractivity contribution in [3.05, 3.63) is 94.3 Å². The van der Waals surface area contributed by atoms with Gasteiger partial charge in [0.25, 0.3) is 5.91 Å². The fourth-order valence-electron chi connectivity index (χ4n) is 3.53. The van der Waals surface area contributed by atoms with E-state index in [2.05, 4.69) is 4.99 Å². The summed E-state index contributed by atoms with van der Waals surface area (Å²) in [5, 5.41) is 0. The number of carbonyl (C=O) groups is 1. The second-order valence-corrected chi connectivity index (χ2v) is 10.6. The topological polar surface area (TPSA) is 71.7 Å². The molecule has 6 nitrogen and oxygen atoms in total. The monoisotopic (exact) mass is 465 g/mol. The second-order valence-electron chi connectivity index (χ2n) is 7.55. The van der Waals surface area contributed by atoms with Crippen LogP contribution in [0.1, 0.15) is 21.5 Å². The molecule has 1 heterocycles. The number of carbonyl (C=O) groups excluding carboxylic acids is 1. The highest BCUT2D eigenvalue weighted by Crippen LogP contribution is 2.20. The second kappa shape index (κ2) is 8.82. The molecule has 4 aromatic rings. The van der Waals surface area contributed by atoms with Crippen LogP contribution in [0.5, 0.6) is 0 Å². The highest BCUT2D eigenvalue weighted by atomic mass is 32.2. The lowest BCUT2D eigenvalue weighted by Crippen LogP contribution is -2.26. The zero-order chi connectivity index (χ0) is 22.9. The number of nitrogens with zero attached hydrogens (tertiary/aromatic N) is 3. The molecule has 1 amide bonds. The molecule has 1 aromatic heterocycles. The maximum Gasteiger partial charge on any atom is 0.279 e. The summed E-state index contributed by atoms with van der Waals surface area (Å²) >= 11 is 1.45. The first-order valence-electron chi connectivity index (χ1n) is 10.0. The van der Waals surface area contributed by atoms with Crippen LogP contribution in [0, 0.1) is 6.92 Å². The Hall–Kier alpha value is -3.07. The number of thiazole rings is 1. The van der Waals surface area contributed by atoms with Gasteiger partial charge in [0.1, 0.15) is 0 Å². The van der Waals surface area contributed by atoms with Crippen LogP contribution in [-0.4, -0.2) is 30.2 Å². The molecule has 0 unspecified atom stereocenters. The molecule has 0 spiro atoms. The molecule has 0 radical (unpaired) electrons. The van der Waals surface area contributed by atoms with Gasteiger partial charge in [-0.2, -0.15) is 9.30 Å². The van der Waals surface area contributed by atoms with E-state index in [1.54, 1.807) is 7.05 Å². The molecule has 0 N–H and O–H groups in total. The van der Waals surface area contributed by atoms with E-state index in [1.807, 2.05) is 67.1 Å². The summed E-state index contributed by atoms with van der Waals surface area (Å²) in [5.41, 5.74) is 3.40. The molecule has 0 aliphatic heterocycles. The van der Waals surface area contributed by atoms with E-state index in [9.17, 15) is 13.2 Å². The van der Waals surface area contributed by atoms with E-state index in [0.29, 0.717) is 10.4 Å². The highest BCUT2D eigenvalue weighted by molar-refractivity contribution is 7.89. The van der Waals surface area contributed by atoms with Crippen molar-refractivity contribution in [2.45, 2.75) is 18.4 Å². The molecular weight excluding hydrogens is 442 g/mol. The Bertz CT molecular complexity index is 1450. The van der Waals surface area contributed by atoms with Crippen molar-refractivity contribution in [2.75, 3.05) is 7.05 Å². The SMILES string of the molecule is Cc1cccc2sc(=NC(=O)c3ccc(S(=O)(=O)N(C)Cc4ccccc4)cc3)n(C)c12. The van der Waals surface area contributed by atoms with Gasteiger partial charge in [-0.05, 0) is 48.4 Å². The molecule has 0 saturated carbocycles. The van der Waals surface area contributed by atoms with E-state index in [-0.39, 0.29) is 11.4 Å².